The predicted molar refractivity (Wildman–Crippen MR) is 121 cm³/mol. The molecule has 3 rings (SSSR count). The summed E-state index contributed by atoms with van der Waals surface area (Å²) in [5, 5.41) is 8.90. The maximum Gasteiger partial charge on any atom is 0.303 e. The van der Waals surface area contributed by atoms with Gasteiger partial charge in [0.1, 0.15) is 5.75 Å². The number of hydrogen-bond donors (Lipinski definition) is 1. The fourth-order valence-electron chi connectivity index (χ4n) is 4.10. The van der Waals surface area contributed by atoms with Gasteiger partial charge in [0.25, 0.3) is 0 Å². The molecule has 0 amide bonds. The Hall–Kier alpha value is -2.76. The Bertz CT molecular complexity index is 782. The number of carboxylic acids is 1. The molecule has 1 fully saturated rings. The van der Waals surface area contributed by atoms with Crippen LogP contribution in [0.1, 0.15) is 46.0 Å². The van der Waals surface area contributed by atoms with Crippen molar-refractivity contribution in [2.45, 2.75) is 58.1 Å². The number of ether oxygens (including phenoxy) is 1. The molecule has 1 saturated heterocycles. The fraction of sp³-hybridized carbons (Fsp3) is 0.500. The summed E-state index contributed by atoms with van der Waals surface area (Å²) in [6.45, 7) is 7.23. The normalized spacial score (nSPS) is 17.6. The molecule has 162 valence electrons. The molecule has 2 aromatic rings. The lowest BCUT2D eigenvalue weighted by Gasteiger charge is -2.44. The third kappa shape index (κ3) is 5.88. The first-order chi connectivity index (χ1) is 14.6. The van der Waals surface area contributed by atoms with Crippen LogP contribution in [0.4, 0.5) is 11.4 Å². The zero-order chi connectivity index (χ0) is 21.3. The van der Waals surface area contributed by atoms with Gasteiger partial charge in [0, 0.05) is 55.9 Å². The van der Waals surface area contributed by atoms with Crippen molar-refractivity contribution in [2.75, 3.05) is 29.4 Å². The Morgan fingerprint density at radius 2 is 1.87 bits per heavy atom. The second-order valence-electron chi connectivity index (χ2n) is 7.86. The molecule has 0 spiro atoms. The van der Waals surface area contributed by atoms with E-state index in [9.17, 15) is 4.79 Å². The van der Waals surface area contributed by atoms with Crippen molar-refractivity contribution in [1.82, 2.24) is 4.98 Å². The topological polar surface area (TPSA) is 65.9 Å². The number of pyridine rings is 1. The Morgan fingerprint density at radius 3 is 2.50 bits per heavy atom. The molecule has 1 N–H and O–H groups in total. The third-order valence-electron chi connectivity index (χ3n) is 5.74. The molecule has 0 radical (unpaired) electrons. The lowest BCUT2D eigenvalue weighted by Crippen LogP contribution is -2.53. The van der Waals surface area contributed by atoms with Crippen molar-refractivity contribution < 1.29 is 14.6 Å². The Kier molecular flexibility index (Phi) is 7.94. The molecule has 0 saturated carbocycles. The van der Waals surface area contributed by atoms with Crippen molar-refractivity contribution in [3.63, 3.8) is 0 Å². The number of carboxylic acid groups (broad SMARTS) is 1. The van der Waals surface area contributed by atoms with Crippen LogP contribution < -0.4 is 14.5 Å². The monoisotopic (exact) mass is 411 g/mol. The minimum absolute atomic E-state index is 0.0660. The largest absolute Gasteiger partial charge is 0.490 e. The van der Waals surface area contributed by atoms with Crippen LogP contribution in [0, 0.1) is 0 Å². The molecule has 0 bridgehead atoms. The number of benzene rings is 1. The van der Waals surface area contributed by atoms with E-state index in [1.807, 2.05) is 31.5 Å². The van der Waals surface area contributed by atoms with Gasteiger partial charge in [0.05, 0.1) is 6.10 Å². The van der Waals surface area contributed by atoms with E-state index in [1.54, 1.807) is 0 Å². The summed E-state index contributed by atoms with van der Waals surface area (Å²) in [7, 11) is 0. The predicted octanol–water partition coefficient (Wildman–Crippen LogP) is 4.60. The first kappa shape index (κ1) is 21.9. The molecule has 6 heteroatoms. The third-order valence-corrected chi connectivity index (χ3v) is 5.74. The van der Waals surface area contributed by atoms with Gasteiger partial charge in [-0.05, 0) is 55.7 Å². The van der Waals surface area contributed by atoms with Crippen LogP contribution in [0.25, 0.3) is 0 Å². The van der Waals surface area contributed by atoms with E-state index in [1.165, 1.54) is 11.4 Å². The summed E-state index contributed by atoms with van der Waals surface area (Å²) in [6, 6.07) is 12.9. The molecule has 2 heterocycles. The van der Waals surface area contributed by atoms with Gasteiger partial charge in [0.2, 0.25) is 0 Å². The summed E-state index contributed by atoms with van der Waals surface area (Å²) in [5.74, 6) is 0.0266. The van der Waals surface area contributed by atoms with Crippen LogP contribution in [0.5, 0.6) is 5.75 Å². The van der Waals surface area contributed by atoms with E-state index in [0.29, 0.717) is 12.5 Å². The highest BCUT2D eigenvalue weighted by atomic mass is 16.5. The number of rotatable bonds is 10. The average molecular weight is 412 g/mol. The van der Waals surface area contributed by atoms with Gasteiger partial charge < -0.3 is 19.6 Å². The SMILES string of the molecule is CCCC1CN(c2ccncc2)CCN1c1ccc(OC(CC)CCC(=O)O)cc1. The molecule has 6 nitrogen and oxygen atoms in total. The molecule has 1 aliphatic heterocycles. The van der Waals surface area contributed by atoms with E-state index >= 15 is 0 Å². The lowest BCUT2D eigenvalue weighted by molar-refractivity contribution is -0.137. The van der Waals surface area contributed by atoms with Crippen LogP contribution in [-0.4, -0.2) is 47.8 Å². The molecule has 2 atom stereocenters. The second kappa shape index (κ2) is 10.9. The Morgan fingerprint density at radius 1 is 1.13 bits per heavy atom. The summed E-state index contributed by atoms with van der Waals surface area (Å²) in [6.07, 6.45) is 7.40. The molecule has 1 aliphatic rings. The highest BCUT2D eigenvalue weighted by Gasteiger charge is 2.27. The standard InChI is InChI=1S/C24H33N3O3/c1-3-5-21-18-26(19-12-14-25-15-13-19)16-17-27(21)20-6-8-23(9-7-20)30-22(4-2)10-11-24(28)29/h6-9,12-15,21-22H,3-5,10-11,16-18H2,1-2H3,(H,28,29). The van der Waals surface area contributed by atoms with Crippen LogP contribution in [0.15, 0.2) is 48.8 Å². The van der Waals surface area contributed by atoms with Crippen molar-refractivity contribution in [1.29, 1.82) is 0 Å². The van der Waals surface area contributed by atoms with Crippen LogP contribution in [-0.2, 0) is 4.79 Å². The Balaban J connectivity index is 1.65. The van der Waals surface area contributed by atoms with Crippen molar-refractivity contribution >= 4 is 17.3 Å². The number of carbonyl (C=O) groups is 1. The zero-order valence-corrected chi connectivity index (χ0v) is 18.0. The number of aromatic nitrogens is 1. The van der Waals surface area contributed by atoms with E-state index in [0.717, 1.165) is 44.6 Å². The number of aliphatic carboxylic acids is 1. The molecule has 2 unspecified atom stereocenters. The van der Waals surface area contributed by atoms with Crippen molar-refractivity contribution in [2.24, 2.45) is 0 Å². The number of anilines is 2. The van der Waals surface area contributed by atoms with E-state index < -0.39 is 5.97 Å². The van der Waals surface area contributed by atoms with E-state index in [4.69, 9.17) is 9.84 Å². The number of piperazine rings is 1. The maximum atomic E-state index is 10.8. The molecular formula is C24H33N3O3. The highest BCUT2D eigenvalue weighted by molar-refractivity contribution is 5.66. The van der Waals surface area contributed by atoms with Crippen LogP contribution in [0.2, 0.25) is 0 Å². The first-order valence-corrected chi connectivity index (χ1v) is 11.0. The molecule has 1 aromatic carbocycles. The molecule has 1 aromatic heterocycles. The fourth-order valence-corrected chi connectivity index (χ4v) is 4.10. The number of hydrogen-bond acceptors (Lipinski definition) is 5. The molecule has 30 heavy (non-hydrogen) atoms. The van der Waals surface area contributed by atoms with Gasteiger partial charge in [-0.3, -0.25) is 9.78 Å². The van der Waals surface area contributed by atoms with Gasteiger partial charge in [-0.2, -0.15) is 0 Å². The van der Waals surface area contributed by atoms with Gasteiger partial charge in [-0.15, -0.1) is 0 Å². The van der Waals surface area contributed by atoms with Crippen molar-refractivity contribution in [3.8, 4) is 5.75 Å². The lowest BCUT2D eigenvalue weighted by atomic mass is 10.0. The van der Waals surface area contributed by atoms with Crippen LogP contribution in [0.3, 0.4) is 0 Å². The highest BCUT2D eigenvalue weighted by Crippen LogP contribution is 2.28. The van der Waals surface area contributed by atoms with E-state index in [-0.39, 0.29) is 12.5 Å². The average Bonchev–Trinajstić information content (AvgIpc) is 2.78. The van der Waals surface area contributed by atoms with Gasteiger partial charge in [0.15, 0.2) is 0 Å². The Labute approximate surface area is 179 Å². The van der Waals surface area contributed by atoms with Gasteiger partial charge in [-0.1, -0.05) is 20.3 Å². The smallest absolute Gasteiger partial charge is 0.303 e. The molecule has 0 aliphatic carbocycles. The zero-order valence-electron chi connectivity index (χ0n) is 18.0. The summed E-state index contributed by atoms with van der Waals surface area (Å²) < 4.78 is 6.01. The summed E-state index contributed by atoms with van der Waals surface area (Å²) in [5.41, 5.74) is 2.45. The quantitative estimate of drug-likeness (QED) is 0.616. The minimum atomic E-state index is -0.778. The summed E-state index contributed by atoms with van der Waals surface area (Å²) in [4.78, 5) is 19.9. The van der Waals surface area contributed by atoms with Gasteiger partial charge >= 0.3 is 5.97 Å². The maximum absolute atomic E-state index is 10.8. The van der Waals surface area contributed by atoms with Crippen LogP contribution >= 0.6 is 0 Å². The number of nitrogens with zero attached hydrogens (tertiary/aromatic N) is 3. The summed E-state index contributed by atoms with van der Waals surface area (Å²) >= 11 is 0. The molecular weight excluding hydrogens is 378 g/mol. The van der Waals surface area contributed by atoms with Gasteiger partial charge in [-0.25, -0.2) is 0 Å². The minimum Gasteiger partial charge on any atom is -0.490 e. The first-order valence-electron chi connectivity index (χ1n) is 11.0. The van der Waals surface area contributed by atoms with Crippen molar-refractivity contribution in [3.05, 3.63) is 48.8 Å². The van der Waals surface area contributed by atoms with E-state index in [2.05, 4.69) is 46.0 Å². The second-order valence-corrected chi connectivity index (χ2v) is 7.86.